The molecule has 0 fully saturated rings. The van der Waals surface area contributed by atoms with E-state index in [-0.39, 0.29) is 11.1 Å². The van der Waals surface area contributed by atoms with Gasteiger partial charge in [0, 0.05) is 16.9 Å². The number of nitrogens with zero attached hydrogens (tertiary/aromatic N) is 2. The van der Waals surface area contributed by atoms with Crippen LogP contribution in [0, 0.1) is 6.92 Å². The normalized spacial score (nSPS) is 14.0. The van der Waals surface area contributed by atoms with Gasteiger partial charge in [-0.25, -0.2) is 4.98 Å². The second-order valence-corrected chi connectivity index (χ2v) is 6.59. The summed E-state index contributed by atoms with van der Waals surface area (Å²) in [6.07, 6.45) is 5.37. The molecule has 0 unspecified atom stereocenters. The van der Waals surface area contributed by atoms with Crippen molar-refractivity contribution in [2.45, 2.75) is 45.4 Å². The first-order valence-electron chi connectivity index (χ1n) is 7.02. The highest BCUT2D eigenvalue weighted by Crippen LogP contribution is 2.29. The third kappa shape index (κ3) is 3.27. The zero-order valence-corrected chi connectivity index (χ0v) is 13.3. The Labute approximate surface area is 131 Å². The summed E-state index contributed by atoms with van der Waals surface area (Å²) in [7, 11) is 0. The van der Waals surface area contributed by atoms with Gasteiger partial charge in [0.15, 0.2) is 5.13 Å². The Morgan fingerprint density at radius 3 is 2.95 bits per heavy atom. The van der Waals surface area contributed by atoms with Gasteiger partial charge in [-0.15, -0.1) is 11.3 Å². The Bertz CT molecular complexity index is 622. The molecule has 112 valence electrons. The van der Waals surface area contributed by atoms with Crippen LogP contribution in [0.15, 0.2) is 4.52 Å². The number of fused-ring (bicyclic) bond motifs is 1. The molecule has 0 atom stereocenters. The Hall–Kier alpha value is -1.40. The summed E-state index contributed by atoms with van der Waals surface area (Å²) in [5, 5.41) is 7.62. The smallest absolute Gasteiger partial charge is 0.229 e. The molecule has 0 saturated heterocycles. The predicted molar refractivity (Wildman–Crippen MR) is 82.0 cm³/mol. The molecule has 7 heteroatoms. The lowest BCUT2D eigenvalue weighted by Gasteiger charge is -2.06. The van der Waals surface area contributed by atoms with Crippen LogP contribution in [0.5, 0.6) is 0 Å². The van der Waals surface area contributed by atoms with Crippen LogP contribution < -0.4 is 5.32 Å². The van der Waals surface area contributed by atoms with Gasteiger partial charge in [0.2, 0.25) is 11.1 Å². The maximum atomic E-state index is 12.0. The lowest BCUT2D eigenvalue weighted by molar-refractivity contribution is -0.116. The van der Waals surface area contributed by atoms with Crippen LogP contribution in [0.25, 0.3) is 0 Å². The summed E-state index contributed by atoms with van der Waals surface area (Å²) in [6, 6.07) is 0. The Balaban J connectivity index is 1.58. The monoisotopic (exact) mass is 325 g/mol. The van der Waals surface area contributed by atoms with Crippen molar-refractivity contribution in [3.63, 3.8) is 0 Å². The molecule has 0 bridgehead atoms. The van der Waals surface area contributed by atoms with E-state index in [1.165, 1.54) is 17.7 Å². The summed E-state index contributed by atoms with van der Waals surface area (Å²) in [5.41, 5.74) is 2.68. The van der Waals surface area contributed by atoms with Gasteiger partial charge in [0.05, 0.1) is 11.4 Å². The van der Waals surface area contributed by atoms with Gasteiger partial charge < -0.3 is 9.84 Å². The van der Waals surface area contributed by atoms with Crippen LogP contribution in [0.1, 0.15) is 41.1 Å². The first-order chi connectivity index (χ1) is 10.1. The molecule has 1 aliphatic carbocycles. The number of aromatic nitrogens is 2. The summed E-state index contributed by atoms with van der Waals surface area (Å²) in [4.78, 5) is 17.8. The second-order valence-electron chi connectivity index (χ2n) is 5.16. The van der Waals surface area contributed by atoms with Crippen molar-refractivity contribution in [3.8, 4) is 0 Å². The van der Waals surface area contributed by atoms with Crippen LogP contribution in [-0.4, -0.2) is 16.0 Å². The number of nitrogens with one attached hydrogen (secondary N) is 1. The van der Waals surface area contributed by atoms with E-state index < -0.39 is 0 Å². The van der Waals surface area contributed by atoms with E-state index >= 15 is 0 Å². The van der Waals surface area contributed by atoms with E-state index in [2.05, 4.69) is 15.5 Å². The zero-order valence-electron chi connectivity index (χ0n) is 11.7. The predicted octanol–water partition coefficient (Wildman–Crippen LogP) is 3.54. The van der Waals surface area contributed by atoms with Crippen molar-refractivity contribution < 1.29 is 9.32 Å². The molecular formula is C14H16ClN3O2S. The molecule has 2 aromatic heterocycles. The van der Waals surface area contributed by atoms with Gasteiger partial charge in [-0.05, 0) is 50.6 Å². The number of amides is 1. The average molecular weight is 326 g/mol. The van der Waals surface area contributed by atoms with Crippen molar-refractivity contribution in [2.75, 3.05) is 5.32 Å². The lowest BCUT2D eigenvalue weighted by atomic mass is 10.0. The molecule has 5 nitrogen and oxygen atoms in total. The minimum atomic E-state index is -0.0576. The Kier molecular flexibility index (Phi) is 4.26. The first kappa shape index (κ1) is 14.5. The highest BCUT2D eigenvalue weighted by atomic mass is 35.5. The summed E-state index contributed by atoms with van der Waals surface area (Å²) < 4.78 is 4.87. The Morgan fingerprint density at radius 1 is 1.43 bits per heavy atom. The zero-order chi connectivity index (χ0) is 14.8. The van der Waals surface area contributed by atoms with Gasteiger partial charge in [0.1, 0.15) is 0 Å². The minimum absolute atomic E-state index is 0.0576. The number of halogens is 1. The molecule has 1 aliphatic rings. The molecular weight excluding hydrogens is 310 g/mol. The molecule has 0 spiro atoms. The topological polar surface area (TPSA) is 68.0 Å². The summed E-state index contributed by atoms with van der Waals surface area (Å²) >= 11 is 7.48. The third-order valence-corrected chi connectivity index (χ3v) is 5.00. The van der Waals surface area contributed by atoms with Gasteiger partial charge in [-0.2, -0.15) is 0 Å². The number of aryl methyl sites for hydroxylation is 3. The molecule has 1 N–H and O–H groups in total. The molecule has 21 heavy (non-hydrogen) atoms. The number of carbonyl (C=O) groups excluding carboxylic acids is 1. The molecule has 0 saturated carbocycles. The second kappa shape index (κ2) is 6.15. The van der Waals surface area contributed by atoms with Crippen molar-refractivity contribution in [1.82, 2.24) is 10.1 Å². The maximum absolute atomic E-state index is 12.0. The quantitative estimate of drug-likeness (QED) is 0.933. The van der Waals surface area contributed by atoms with Gasteiger partial charge in [-0.1, -0.05) is 5.16 Å². The number of thiazole rings is 1. The van der Waals surface area contributed by atoms with Crippen LogP contribution in [0.4, 0.5) is 5.13 Å². The molecule has 0 aromatic carbocycles. The van der Waals surface area contributed by atoms with Crippen LogP contribution in [0.2, 0.25) is 5.22 Å². The highest BCUT2D eigenvalue weighted by Gasteiger charge is 2.17. The van der Waals surface area contributed by atoms with Gasteiger partial charge >= 0.3 is 0 Å². The number of hydrogen-bond donors (Lipinski definition) is 1. The maximum Gasteiger partial charge on any atom is 0.229 e. The largest absolute Gasteiger partial charge is 0.344 e. The minimum Gasteiger partial charge on any atom is -0.344 e. The fraction of sp³-hybridized carbons (Fsp3) is 0.500. The van der Waals surface area contributed by atoms with Crippen molar-refractivity contribution >= 4 is 34.0 Å². The third-order valence-electron chi connectivity index (χ3n) is 3.63. The summed E-state index contributed by atoms with van der Waals surface area (Å²) in [6.45, 7) is 1.82. The SMILES string of the molecule is Cc1noc(Cl)c1CCC(=O)Nc1nc2c(s1)CCCC2. The number of hydrogen-bond acceptors (Lipinski definition) is 5. The van der Waals surface area contributed by atoms with Crippen LogP contribution >= 0.6 is 22.9 Å². The van der Waals surface area contributed by atoms with Crippen molar-refractivity contribution in [2.24, 2.45) is 0 Å². The standard InChI is InChI=1S/C14H16ClN3O2S/c1-8-9(13(15)20-18-8)6-7-12(19)17-14-16-10-4-2-3-5-11(10)21-14/h2-7H2,1H3,(H,16,17,19). The van der Waals surface area contributed by atoms with Gasteiger partial charge in [-0.3, -0.25) is 4.79 Å². The molecule has 0 radical (unpaired) electrons. The molecule has 1 amide bonds. The van der Waals surface area contributed by atoms with E-state index in [0.717, 1.165) is 29.8 Å². The van der Waals surface area contributed by atoms with E-state index in [1.807, 2.05) is 6.92 Å². The van der Waals surface area contributed by atoms with E-state index in [1.54, 1.807) is 11.3 Å². The molecule has 0 aliphatic heterocycles. The fourth-order valence-corrected chi connectivity index (χ4v) is 3.80. The van der Waals surface area contributed by atoms with Gasteiger partial charge in [0.25, 0.3) is 0 Å². The van der Waals surface area contributed by atoms with E-state index in [4.69, 9.17) is 16.1 Å². The molecule has 3 rings (SSSR count). The highest BCUT2D eigenvalue weighted by molar-refractivity contribution is 7.15. The lowest BCUT2D eigenvalue weighted by Crippen LogP contribution is -2.12. The molecule has 2 aromatic rings. The first-order valence-corrected chi connectivity index (χ1v) is 8.22. The van der Waals surface area contributed by atoms with E-state index in [9.17, 15) is 4.79 Å². The fourth-order valence-electron chi connectivity index (χ4n) is 2.47. The number of rotatable bonds is 4. The van der Waals surface area contributed by atoms with E-state index in [0.29, 0.717) is 18.0 Å². The van der Waals surface area contributed by atoms with Crippen LogP contribution in [0.3, 0.4) is 0 Å². The Morgan fingerprint density at radius 2 is 2.24 bits per heavy atom. The van der Waals surface area contributed by atoms with Crippen molar-refractivity contribution in [1.29, 1.82) is 0 Å². The number of carbonyl (C=O) groups is 1. The summed E-state index contributed by atoms with van der Waals surface area (Å²) in [5.74, 6) is -0.0576. The average Bonchev–Trinajstić information content (AvgIpc) is 3.00. The van der Waals surface area contributed by atoms with Crippen molar-refractivity contribution in [3.05, 3.63) is 27.0 Å². The number of anilines is 1. The molecule has 2 heterocycles. The van der Waals surface area contributed by atoms with Crippen LogP contribution in [-0.2, 0) is 24.1 Å².